The molecule has 2 aromatic heterocycles. The van der Waals surface area contributed by atoms with Crippen LogP contribution in [0.4, 0.5) is 8.78 Å². The average Bonchev–Trinajstić information content (AvgIpc) is 3.28. The van der Waals surface area contributed by atoms with Crippen molar-refractivity contribution in [1.29, 1.82) is 0 Å². The summed E-state index contributed by atoms with van der Waals surface area (Å²) < 4.78 is 35.0. The summed E-state index contributed by atoms with van der Waals surface area (Å²) in [5, 5.41) is 4.46. The second kappa shape index (κ2) is 7.22. The number of hydrogen-bond acceptors (Lipinski definition) is 5. The Morgan fingerprint density at radius 3 is 2.85 bits per heavy atom. The molecule has 0 N–H and O–H groups in total. The molecular formula is C18H18F2N4O2S. The Kier molecular flexibility index (Phi) is 4.77. The molecule has 0 aliphatic carbocycles. The highest BCUT2D eigenvalue weighted by Gasteiger charge is 2.27. The molecule has 0 radical (unpaired) electrons. The summed E-state index contributed by atoms with van der Waals surface area (Å²) in [5.41, 5.74) is 0.706. The molecule has 1 amide bonds. The zero-order valence-electron chi connectivity index (χ0n) is 14.7. The Balaban J connectivity index is 1.40. The number of aromatic nitrogens is 3. The maximum absolute atomic E-state index is 13.8. The zero-order valence-corrected chi connectivity index (χ0v) is 15.5. The van der Waals surface area contributed by atoms with Gasteiger partial charge in [0.2, 0.25) is 0 Å². The van der Waals surface area contributed by atoms with E-state index in [1.807, 2.05) is 6.92 Å². The lowest BCUT2D eigenvalue weighted by molar-refractivity contribution is 0.0584. The van der Waals surface area contributed by atoms with Gasteiger partial charge in [0.1, 0.15) is 23.1 Å². The third-order valence-electron chi connectivity index (χ3n) is 4.63. The quantitative estimate of drug-likeness (QED) is 0.682. The number of carbonyl (C=O) groups excluding carboxylic acids is 1. The van der Waals surface area contributed by atoms with Gasteiger partial charge in [0.15, 0.2) is 5.82 Å². The molecule has 1 saturated heterocycles. The van der Waals surface area contributed by atoms with Gasteiger partial charge < -0.3 is 9.64 Å². The fourth-order valence-corrected chi connectivity index (χ4v) is 4.16. The van der Waals surface area contributed by atoms with E-state index >= 15 is 0 Å². The molecule has 27 heavy (non-hydrogen) atoms. The van der Waals surface area contributed by atoms with Gasteiger partial charge in [0.05, 0.1) is 4.70 Å². The van der Waals surface area contributed by atoms with Gasteiger partial charge in [-0.15, -0.1) is 0 Å². The van der Waals surface area contributed by atoms with Crippen molar-refractivity contribution >= 4 is 27.5 Å². The summed E-state index contributed by atoms with van der Waals surface area (Å²) in [5.74, 6) is -1.36. The fourth-order valence-electron chi connectivity index (χ4n) is 3.23. The van der Waals surface area contributed by atoms with Crippen molar-refractivity contribution < 1.29 is 18.3 Å². The summed E-state index contributed by atoms with van der Waals surface area (Å²) in [7, 11) is 0. The molecule has 0 unspecified atom stereocenters. The smallest absolute Gasteiger partial charge is 0.274 e. The van der Waals surface area contributed by atoms with Crippen LogP contribution in [0.15, 0.2) is 24.4 Å². The number of piperidine rings is 1. The lowest BCUT2D eigenvalue weighted by atomic mass is 10.1. The molecule has 3 heterocycles. The first-order valence-corrected chi connectivity index (χ1v) is 9.60. The van der Waals surface area contributed by atoms with Crippen LogP contribution in [0.25, 0.3) is 10.2 Å². The highest BCUT2D eigenvalue weighted by Crippen LogP contribution is 2.32. The molecule has 6 nitrogen and oxygen atoms in total. The number of benzene rings is 1. The van der Waals surface area contributed by atoms with Gasteiger partial charge in [-0.2, -0.15) is 10.1 Å². The van der Waals surface area contributed by atoms with E-state index < -0.39 is 11.6 Å². The second-order valence-electron chi connectivity index (χ2n) is 6.36. The van der Waals surface area contributed by atoms with E-state index in [-0.39, 0.29) is 17.5 Å². The van der Waals surface area contributed by atoms with E-state index in [1.165, 1.54) is 6.07 Å². The average molecular weight is 392 g/mol. The molecule has 142 valence electrons. The van der Waals surface area contributed by atoms with Crippen molar-refractivity contribution in [1.82, 2.24) is 19.7 Å². The topological polar surface area (TPSA) is 60.2 Å². The first-order chi connectivity index (χ1) is 13.0. The van der Waals surface area contributed by atoms with Crippen LogP contribution >= 0.6 is 11.3 Å². The van der Waals surface area contributed by atoms with Crippen LogP contribution in [0.2, 0.25) is 0 Å². The van der Waals surface area contributed by atoms with Crippen LogP contribution in [-0.2, 0) is 6.54 Å². The predicted molar refractivity (Wildman–Crippen MR) is 97.0 cm³/mol. The summed E-state index contributed by atoms with van der Waals surface area (Å²) in [6.07, 6.45) is 2.82. The van der Waals surface area contributed by atoms with Gasteiger partial charge in [-0.1, -0.05) is 11.3 Å². The minimum atomic E-state index is -0.691. The van der Waals surface area contributed by atoms with E-state index in [0.29, 0.717) is 48.1 Å². The molecule has 0 spiro atoms. The number of carbonyl (C=O) groups is 1. The Bertz CT molecular complexity index is 979. The van der Waals surface area contributed by atoms with E-state index in [1.54, 1.807) is 21.8 Å². The van der Waals surface area contributed by atoms with Gasteiger partial charge in [0, 0.05) is 44.7 Å². The van der Waals surface area contributed by atoms with Crippen LogP contribution in [0, 0.1) is 11.6 Å². The molecule has 0 bridgehead atoms. The van der Waals surface area contributed by atoms with Crippen molar-refractivity contribution in [2.24, 2.45) is 0 Å². The third kappa shape index (κ3) is 3.51. The van der Waals surface area contributed by atoms with Gasteiger partial charge in [-0.05, 0) is 19.1 Å². The fraction of sp³-hybridized carbons (Fsp3) is 0.389. The van der Waals surface area contributed by atoms with Crippen molar-refractivity contribution in [2.75, 3.05) is 13.1 Å². The molecule has 1 aliphatic heterocycles. The SMILES string of the molecule is CCn1nccc1C(=O)N1CCC(Oc2nc3c(F)cc(F)cc3s2)CC1. The van der Waals surface area contributed by atoms with Crippen molar-refractivity contribution in [3.63, 3.8) is 0 Å². The van der Waals surface area contributed by atoms with Crippen LogP contribution in [0.5, 0.6) is 5.19 Å². The monoisotopic (exact) mass is 392 g/mol. The molecule has 0 atom stereocenters. The van der Waals surface area contributed by atoms with Gasteiger partial charge in [0.25, 0.3) is 11.1 Å². The Labute approximate surface area is 158 Å². The number of thiazole rings is 1. The van der Waals surface area contributed by atoms with E-state index in [0.717, 1.165) is 17.4 Å². The number of amides is 1. The molecule has 1 aromatic carbocycles. The number of nitrogens with zero attached hydrogens (tertiary/aromatic N) is 4. The van der Waals surface area contributed by atoms with Crippen molar-refractivity contribution in [2.45, 2.75) is 32.4 Å². The number of fused-ring (bicyclic) bond motifs is 1. The van der Waals surface area contributed by atoms with Gasteiger partial charge in [-0.25, -0.2) is 8.78 Å². The number of rotatable bonds is 4. The number of hydrogen-bond donors (Lipinski definition) is 0. The molecule has 0 saturated carbocycles. The van der Waals surface area contributed by atoms with Gasteiger partial charge in [-0.3, -0.25) is 9.48 Å². The number of ether oxygens (including phenoxy) is 1. The van der Waals surface area contributed by atoms with Crippen LogP contribution in [0.3, 0.4) is 0 Å². The Hall–Kier alpha value is -2.55. The summed E-state index contributed by atoms with van der Waals surface area (Å²) >= 11 is 1.12. The standard InChI is InChI=1S/C18H18F2N4O2S/c1-2-24-14(3-6-21-24)17(25)23-7-4-12(5-8-23)26-18-22-16-13(20)9-11(19)10-15(16)27-18/h3,6,9-10,12H,2,4-5,7-8H2,1H3. The molecule has 1 fully saturated rings. The van der Waals surface area contributed by atoms with Crippen molar-refractivity contribution in [3.05, 3.63) is 41.7 Å². The zero-order chi connectivity index (χ0) is 19.0. The normalized spacial score (nSPS) is 15.4. The molecular weight excluding hydrogens is 374 g/mol. The third-order valence-corrected chi connectivity index (χ3v) is 5.52. The van der Waals surface area contributed by atoms with Crippen LogP contribution in [0.1, 0.15) is 30.3 Å². The second-order valence-corrected chi connectivity index (χ2v) is 7.35. The molecule has 3 aromatic rings. The molecule has 4 rings (SSSR count). The highest BCUT2D eigenvalue weighted by molar-refractivity contribution is 7.20. The first-order valence-electron chi connectivity index (χ1n) is 8.78. The molecule has 1 aliphatic rings. The highest BCUT2D eigenvalue weighted by atomic mass is 32.1. The van der Waals surface area contributed by atoms with E-state index in [2.05, 4.69) is 10.1 Å². The first kappa shape index (κ1) is 17.8. The lowest BCUT2D eigenvalue weighted by Crippen LogP contribution is -2.42. The van der Waals surface area contributed by atoms with E-state index in [9.17, 15) is 13.6 Å². The molecule has 9 heteroatoms. The van der Waals surface area contributed by atoms with Crippen molar-refractivity contribution in [3.8, 4) is 5.19 Å². The number of halogens is 2. The maximum Gasteiger partial charge on any atom is 0.274 e. The summed E-state index contributed by atoms with van der Waals surface area (Å²) in [6, 6.07) is 3.79. The number of likely N-dealkylation sites (tertiary alicyclic amines) is 1. The summed E-state index contributed by atoms with van der Waals surface area (Å²) in [6.45, 7) is 3.71. The Morgan fingerprint density at radius 2 is 2.11 bits per heavy atom. The van der Waals surface area contributed by atoms with E-state index in [4.69, 9.17) is 4.74 Å². The predicted octanol–water partition coefficient (Wildman–Crippen LogP) is 3.47. The Morgan fingerprint density at radius 1 is 1.33 bits per heavy atom. The van der Waals surface area contributed by atoms with Crippen LogP contribution in [-0.4, -0.2) is 44.8 Å². The minimum Gasteiger partial charge on any atom is -0.467 e. The number of aryl methyl sites for hydroxylation is 1. The van der Waals surface area contributed by atoms with Gasteiger partial charge >= 0.3 is 0 Å². The lowest BCUT2D eigenvalue weighted by Gasteiger charge is -2.31. The van der Waals surface area contributed by atoms with Crippen LogP contribution < -0.4 is 4.74 Å². The largest absolute Gasteiger partial charge is 0.467 e. The minimum absolute atomic E-state index is 0.0367. The summed E-state index contributed by atoms with van der Waals surface area (Å²) in [4.78, 5) is 18.5. The maximum atomic E-state index is 13.8.